The molecule has 3 nitrogen and oxygen atoms in total. The molecule has 0 rings (SSSR count). The minimum absolute atomic E-state index is 0.428. The maximum absolute atomic E-state index is 10.2. The van der Waals surface area contributed by atoms with Crippen LogP contribution in [0.2, 0.25) is 0 Å². The predicted octanol–water partition coefficient (Wildman–Crippen LogP) is 7.99. The van der Waals surface area contributed by atoms with E-state index in [0.29, 0.717) is 12.4 Å². The van der Waals surface area contributed by atoms with Gasteiger partial charge in [0.25, 0.3) is 0 Å². The van der Waals surface area contributed by atoms with Gasteiger partial charge in [-0.25, -0.2) is 0 Å². The van der Waals surface area contributed by atoms with E-state index >= 15 is 0 Å². The number of thioether (sulfide) groups is 1. The number of nitrogens with zero attached hydrogens (tertiary/aromatic N) is 1. The third-order valence-corrected chi connectivity index (χ3v) is 7.34. The highest BCUT2D eigenvalue weighted by molar-refractivity contribution is 8.22. The summed E-state index contributed by atoms with van der Waals surface area (Å²) < 4.78 is 6.62. The molecular formula is C26H53NO2S2. The van der Waals surface area contributed by atoms with Gasteiger partial charge < -0.3 is 14.7 Å². The van der Waals surface area contributed by atoms with Crippen LogP contribution in [0.3, 0.4) is 0 Å². The van der Waals surface area contributed by atoms with Gasteiger partial charge in [0, 0.05) is 25.4 Å². The van der Waals surface area contributed by atoms with Gasteiger partial charge >= 0.3 is 0 Å². The highest BCUT2D eigenvalue weighted by Crippen LogP contribution is 2.14. The maximum Gasteiger partial charge on any atom is 0.136 e. The molecule has 0 fully saturated rings. The van der Waals surface area contributed by atoms with Crippen LogP contribution in [0.5, 0.6) is 0 Å². The average molecular weight is 476 g/mol. The number of aliphatic hydroxyl groups is 1. The van der Waals surface area contributed by atoms with Crippen LogP contribution in [0.4, 0.5) is 0 Å². The number of unbranched alkanes of at least 4 members (excludes halogenated alkanes) is 13. The van der Waals surface area contributed by atoms with Crippen LogP contribution in [0, 0.1) is 0 Å². The molecule has 0 amide bonds. The molecule has 1 N–H and O–H groups in total. The fourth-order valence-electron chi connectivity index (χ4n) is 3.56. The molecule has 0 aliphatic rings. The largest absolute Gasteiger partial charge is 0.390 e. The van der Waals surface area contributed by atoms with Gasteiger partial charge in [0.1, 0.15) is 4.32 Å². The molecule has 1 atom stereocenters. The van der Waals surface area contributed by atoms with Crippen LogP contribution >= 0.6 is 24.0 Å². The van der Waals surface area contributed by atoms with Gasteiger partial charge in [0.15, 0.2) is 0 Å². The third-order valence-electron chi connectivity index (χ3n) is 5.67. The standard InChI is InChI=1S/C26H53NO2S2/c1-4-7-10-11-12-13-14-15-16-17-18-19-22-29-23-25(28)24-31-26(30)27(20-8-5-2)21-9-6-3/h25,28H,4-24H2,1-3H3. The van der Waals surface area contributed by atoms with Gasteiger partial charge in [-0.05, 0) is 19.3 Å². The first kappa shape index (κ1) is 31.2. The smallest absolute Gasteiger partial charge is 0.136 e. The number of rotatable bonds is 23. The SMILES string of the molecule is CCCCCCCCCCCCCCOCC(O)CSC(=S)N(CCCC)CCCC. The molecule has 186 valence electrons. The summed E-state index contributed by atoms with van der Waals surface area (Å²) in [4.78, 5) is 2.31. The number of ether oxygens (including phenoxy) is 1. The Balaban J connectivity index is 3.54. The van der Waals surface area contributed by atoms with E-state index in [2.05, 4.69) is 25.7 Å². The van der Waals surface area contributed by atoms with E-state index in [0.717, 1.165) is 30.4 Å². The van der Waals surface area contributed by atoms with Crippen molar-refractivity contribution >= 4 is 28.3 Å². The Morgan fingerprint density at radius 3 is 1.68 bits per heavy atom. The Morgan fingerprint density at radius 2 is 1.19 bits per heavy atom. The summed E-state index contributed by atoms with van der Waals surface area (Å²) in [7, 11) is 0. The second-order valence-corrected chi connectivity index (χ2v) is 10.5. The summed E-state index contributed by atoms with van der Waals surface area (Å²) in [6, 6.07) is 0. The normalized spacial score (nSPS) is 12.3. The van der Waals surface area contributed by atoms with Crippen molar-refractivity contribution in [3.8, 4) is 0 Å². The van der Waals surface area contributed by atoms with Crippen molar-refractivity contribution in [2.75, 3.05) is 32.1 Å². The van der Waals surface area contributed by atoms with Gasteiger partial charge in [-0.3, -0.25) is 0 Å². The van der Waals surface area contributed by atoms with Gasteiger partial charge in [0.2, 0.25) is 0 Å². The summed E-state index contributed by atoms with van der Waals surface area (Å²) in [6.45, 7) is 9.97. The first-order valence-electron chi connectivity index (χ1n) is 13.3. The Morgan fingerprint density at radius 1 is 0.742 bits per heavy atom. The Labute approximate surface area is 204 Å². The van der Waals surface area contributed by atoms with E-state index in [1.165, 1.54) is 96.3 Å². The molecule has 0 aromatic carbocycles. The second kappa shape index (κ2) is 24.8. The molecule has 0 radical (unpaired) electrons. The van der Waals surface area contributed by atoms with Crippen LogP contribution in [0.15, 0.2) is 0 Å². The van der Waals surface area contributed by atoms with E-state index in [-0.39, 0.29) is 0 Å². The van der Waals surface area contributed by atoms with E-state index in [4.69, 9.17) is 17.0 Å². The molecule has 0 bridgehead atoms. The third kappa shape index (κ3) is 21.8. The first-order valence-corrected chi connectivity index (χ1v) is 14.7. The molecule has 31 heavy (non-hydrogen) atoms. The van der Waals surface area contributed by atoms with Crippen molar-refractivity contribution in [3.63, 3.8) is 0 Å². The zero-order valence-electron chi connectivity index (χ0n) is 21.0. The van der Waals surface area contributed by atoms with Gasteiger partial charge in [0.05, 0.1) is 12.7 Å². The number of thiocarbonyl (C=S) groups is 1. The van der Waals surface area contributed by atoms with Crippen molar-refractivity contribution in [2.24, 2.45) is 0 Å². The Hall–Kier alpha value is 0.160. The lowest BCUT2D eigenvalue weighted by Crippen LogP contribution is -2.31. The average Bonchev–Trinajstić information content (AvgIpc) is 2.77. The molecule has 5 heteroatoms. The van der Waals surface area contributed by atoms with Crippen molar-refractivity contribution in [3.05, 3.63) is 0 Å². The zero-order valence-corrected chi connectivity index (χ0v) is 22.7. The molecule has 0 spiro atoms. The highest BCUT2D eigenvalue weighted by Gasteiger charge is 2.12. The Bertz CT molecular complexity index is 374. The molecule has 0 aliphatic carbocycles. The second-order valence-electron chi connectivity index (χ2n) is 8.89. The van der Waals surface area contributed by atoms with Crippen LogP contribution in [0.1, 0.15) is 124 Å². The van der Waals surface area contributed by atoms with Crippen LogP contribution in [-0.2, 0) is 4.74 Å². The topological polar surface area (TPSA) is 32.7 Å². The number of hydrogen-bond acceptors (Lipinski definition) is 4. The van der Waals surface area contributed by atoms with Crippen molar-refractivity contribution < 1.29 is 9.84 Å². The van der Waals surface area contributed by atoms with Crippen LogP contribution in [0.25, 0.3) is 0 Å². The summed E-state index contributed by atoms with van der Waals surface area (Å²) in [5.74, 6) is 0.631. The molecule has 0 aromatic rings. The molecule has 1 unspecified atom stereocenters. The molecule has 0 heterocycles. The van der Waals surface area contributed by atoms with Gasteiger partial charge in [-0.1, -0.05) is 128 Å². The quantitative estimate of drug-likeness (QED) is 0.120. The minimum Gasteiger partial charge on any atom is -0.390 e. The molecule has 0 aromatic heterocycles. The van der Waals surface area contributed by atoms with E-state index < -0.39 is 6.10 Å². The molecule has 0 saturated carbocycles. The van der Waals surface area contributed by atoms with E-state index in [9.17, 15) is 5.11 Å². The summed E-state index contributed by atoms with van der Waals surface area (Å²) >= 11 is 7.21. The lowest BCUT2D eigenvalue weighted by molar-refractivity contribution is 0.0468. The fourth-order valence-corrected chi connectivity index (χ4v) is 4.75. The fraction of sp³-hybridized carbons (Fsp3) is 0.962. The molecular weight excluding hydrogens is 422 g/mol. The first-order chi connectivity index (χ1) is 15.2. The van der Waals surface area contributed by atoms with E-state index in [1.54, 1.807) is 11.8 Å². The summed E-state index contributed by atoms with van der Waals surface area (Å²) in [6.07, 6.45) is 20.6. The predicted molar refractivity (Wildman–Crippen MR) is 144 cm³/mol. The minimum atomic E-state index is -0.431. The zero-order chi connectivity index (χ0) is 23.0. The van der Waals surface area contributed by atoms with Crippen LogP contribution < -0.4 is 0 Å². The van der Waals surface area contributed by atoms with Crippen LogP contribution in [-0.4, -0.2) is 52.5 Å². The summed E-state index contributed by atoms with van der Waals surface area (Å²) in [5, 5.41) is 10.2. The highest BCUT2D eigenvalue weighted by atomic mass is 32.2. The van der Waals surface area contributed by atoms with E-state index in [1.807, 2.05) is 0 Å². The van der Waals surface area contributed by atoms with Crippen molar-refractivity contribution in [1.82, 2.24) is 4.90 Å². The lowest BCUT2D eigenvalue weighted by atomic mass is 10.1. The van der Waals surface area contributed by atoms with Crippen molar-refractivity contribution in [1.29, 1.82) is 0 Å². The van der Waals surface area contributed by atoms with Crippen molar-refractivity contribution in [2.45, 2.75) is 130 Å². The lowest BCUT2D eigenvalue weighted by Gasteiger charge is -2.25. The maximum atomic E-state index is 10.2. The Kier molecular flexibility index (Phi) is 24.9. The number of aliphatic hydroxyl groups excluding tert-OH is 1. The van der Waals surface area contributed by atoms with Gasteiger partial charge in [-0.15, -0.1) is 0 Å². The number of hydrogen-bond donors (Lipinski definition) is 1. The monoisotopic (exact) mass is 475 g/mol. The molecule has 0 saturated heterocycles. The molecule has 0 aliphatic heterocycles. The summed E-state index contributed by atoms with van der Waals surface area (Å²) in [5.41, 5.74) is 0. The van der Waals surface area contributed by atoms with Gasteiger partial charge in [-0.2, -0.15) is 0 Å².